The van der Waals surface area contributed by atoms with Crippen LogP contribution in [0, 0.1) is 5.92 Å². The van der Waals surface area contributed by atoms with Crippen LogP contribution in [0.1, 0.15) is 12.8 Å². The van der Waals surface area contributed by atoms with Crippen LogP contribution in [0.5, 0.6) is 0 Å². The molecule has 3 nitrogen and oxygen atoms in total. The second-order valence-electron chi connectivity index (χ2n) is 2.84. The minimum atomic E-state index is -3.00. The molecule has 1 rings (SSSR count). The van der Waals surface area contributed by atoms with Crippen molar-refractivity contribution < 1.29 is 18.7 Å². The van der Waals surface area contributed by atoms with Crippen molar-refractivity contribution >= 4 is 18.4 Å². The van der Waals surface area contributed by atoms with E-state index < -0.39 is 30.3 Å². The molecular weight excluding hydrogens is 192 g/mol. The molecule has 0 spiro atoms. The maximum atomic E-state index is 12.6. The lowest BCUT2D eigenvalue weighted by Gasteiger charge is -2.12. The predicted octanol–water partition coefficient (Wildman–Crippen LogP) is 0.865. The normalized spacial score (nSPS) is 32.6. The van der Waals surface area contributed by atoms with Gasteiger partial charge in [0.25, 0.3) is 5.92 Å². The molecule has 0 aromatic carbocycles. The summed E-state index contributed by atoms with van der Waals surface area (Å²) in [4.78, 5) is 10.2. The number of rotatable bonds is 1. The van der Waals surface area contributed by atoms with E-state index in [1.165, 1.54) is 0 Å². The Morgan fingerprint density at radius 1 is 1.58 bits per heavy atom. The van der Waals surface area contributed by atoms with E-state index in [1.54, 1.807) is 0 Å². The third kappa shape index (κ3) is 2.04. The molecule has 0 saturated heterocycles. The Hall–Kier alpha value is -0.420. The van der Waals surface area contributed by atoms with Crippen LogP contribution in [0.25, 0.3) is 0 Å². The van der Waals surface area contributed by atoms with E-state index in [4.69, 9.17) is 10.8 Å². The topological polar surface area (TPSA) is 63.3 Å². The van der Waals surface area contributed by atoms with Gasteiger partial charge in [-0.15, -0.1) is 12.4 Å². The average molecular weight is 202 g/mol. The molecule has 12 heavy (non-hydrogen) atoms. The highest BCUT2D eigenvalue weighted by Crippen LogP contribution is 2.37. The molecule has 0 amide bonds. The van der Waals surface area contributed by atoms with Crippen LogP contribution in [-0.4, -0.2) is 23.0 Å². The van der Waals surface area contributed by atoms with Gasteiger partial charge < -0.3 is 10.8 Å². The molecule has 0 radical (unpaired) electrons. The Balaban J connectivity index is 0.00000121. The molecule has 0 unspecified atom stereocenters. The number of nitrogens with two attached hydrogens (primary N) is 1. The molecule has 6 heteroatoms. The van der Waals surface area contributed by atoms with Gasteiger partial charge in [-0.3, -0.25) is 4.79 Å². The lowest BCUT2D eigenvalue weighted by molar-refractivity contribution is -0.142. The van der Waals surface area contributed by atoms with Crippen LogP contribution >= 0.6 is 12.4 Å². The van der Waals surface area contributed by atoms with E-state index in [2.05, 4.69) is 0 Å². The molecule has 1 saturated carbocycles. The monoisotopic (exact) mass is 201 g/mol. The van der Waals surface area contributed by atoms with Crippen LogP contribution in [0.3, 0.4) is 0 Å². The molecule has 1 aliphatic carbocycles. The number of carbonyl (C=O) groups is 1. The van der Waals surface area contributed by atoms with E-state index in [9.17, 15) is 13.6 Å². The van der Waals surface area contributed by atoms with Gasteiger partial charge in [0.05, 0.1) is 12.0 Å². The Morgan fingerprint density at radius 3 is 2.25 bits per heavy atom. The van der Waals surface area contributed by atoms with E-state index >= 15 is 0 Å². The summed E-state index contributed by atoms with van der Waals surface area (Å²) >= 11 is 0. The maximum Gasteiger partial charge on any atom is 0.306 e. The highest BCUT2D eigenvalue weighted by molar-refractivity contribution is 5.85. The standard InChI is InChI=1S/C6H9F2NO2.ClH/c7-6(8)2-3(5(10)11)1-4(6)9;/h3-4H,1-2,9H2,(H,10,11);1H/t3-,4-;/m1./s1. The average Bonchev–Trinajstić information content (AvgIpc) is 2.08. The first-order valence-corrected chi connectivity index (χ1v) is 3.29. The second kappa shape index (κ2) is 3.53. The quantitative estimate of drug-likeness (QED) is 0.662. The Morgan fingerprint density at radius 2 is 2.08 bits per heavy atom. The second-order valence-corrected chi connectivity index (χ2v) is 2.84. The van der Waals surface area contributed by atoms with Crippen LogP contribution in [0.4, 0.5) is 8.78 Å². The number of carboxylic acids is 1. The highest BCUT2D eigenvalue weighted by Gasteiger charge is 2.49. The predicted molar refractivity (Wildman–Crippen MR) is 40.5 cm³/mol. The van der Waals surface area contributed by atoms with Gasteiger partial charge in [-0.1, -0.05) is 0 Å². The molecular formula is C6H10ClF2NO2. The summed E-state index contributed by atoms with van der Waals surface area (Å²) in [5.74, 6) is -5.15. The van der Waals surface area contributed by atoms with Crippen molar-refractivity contribution in [3.05, 3.63) is 0 Å². The molecule has 3 N–H and O–H groups in total. The molecule has 1 aliphatic rings. The van der Waals surface area contributed by atoms with E-state index in [0.717, 1.165) is 0 Å². The zero-order chi connectivity index (χ0) is 8.65. The SMILES string of the molecule is Cl.N[C@@H]1C[C@@H](C(=O)O)CC1(F)F. The van der Waals surface area contributed by atoms with Crippen LogP contribution in [0.2, 0.25) is 0 Å². The van der Waals surface area contributed by atoms with Crippen LogP contribution in [-0.2, 0) is 4.79 Å². The number of aliphatic carboxylic acids is 1. The summed E-state index contributed by atoms with van der Waals surface area (Å²) < 4.78 is 25.1. The van der Waals surface area contributed by atoms with E-state index in [0.29, 0.717) is 0 Å². The number of halogens is 3. The minimum absolute atomic E-state index is 0. The van der Waals surface area contributed by atoms with Gasteiger partial charge >= 0.3 is 5.97 Å². The van der Waals surface area contributed by atoms with Crippen molar-refractivity contribution in [1.82, 2.24) is 0 Å². The Bertz CT molecular complexity index is 188. The summed E-state index contributed by atoms with van der Waals surface area (Å²) in [5.41, 5.74) is 5.03. The Labute approximate surface area is 74.3 Å². The maximum absolute atomic E-state index is 12.6. The lowest BCUT2D eigenvalue weighted by Crippen LogP contribution is -2.34. The molecule has 0 heterocycles. The summed E-state index contributed by atoms with van der Waals surface area (Å²) in [7, 11) is 0. The van der Waals surface area contributed by atoms with Crippen molar-refractivity contribution in [1.29, 1.82) is 0 Å². The molecule has 0 aliphatic heterocycles. The third-order valence-electron chi connectivity index (χ3n) is 1.95. The largest absolute Gasteiger partial charge is 0.481 e. The Kier molecular flexibility index (Phi) is 3.41. The molecule has 0 bridgehead atoms. The molecule has 0 aromatic rings. The number of hydrogen-bond acceptors (Lipinski definition) is 2. The number of alkyl halides is 2. The van der Waals surface area contributed by atoms with Gasteiger partial charge in [0, 0.05) is 6.42 Å². The fourth-order valence-electron chi connectivity index (χ4n) is 1.23. The van der Waals surface area contributed by atoms with Gasteiger partial charge in [-0.2, -0.15) is 0 Å². The smallest absolute Gasteiger partial charge is 0.306 e. The number of hydrogen-bond donors (Lipinski definition) is 2. The van der Waals surface area contributed by atoms with Crippen molar-refractivity contribution in [2.24, 2.45) is 11.7 Å². The van der Waals surface area contributed by atoms with Crippen molar-refractivity contribution in [3.8, 4) is 0 Å². The fourth-order valence-corrected chi connectivity index (χ4v) is 1.23. The van der Waals surface area contributed by atoms with Gasteiger partial charge in [0.2, 0.25) is 0 Å². The molecule has 72 valence electrons. The van der Waals surface area contributed by atoms with E-state index in [-0.39, 0.29) is 18.8 Å². The fraction of sp³-hybridized carbons (Fsp3) is 0.833. The number of carboxylic acid groups (broad SMARTS) is 1. The highest BCUT2D eigenvalue weighted by atomic mass is 35.5. The molecule has 2 atom stereocenters. The first-order chi connectivity index (χ1) is 4.93. The van der Waals surface area contributed by atoms with Gasteiger partial charge in [-0.05, 0) is 6.42 Å². The van der Waals surface area contributed by atoms with Crippen molar-refractivity contribution in [2.45, 2.75) is 24.8 Å². The molecule has 0 aromatic heterocycles. The summed E-state index contributed by atoms with van der Waals surface area (Å²) in [6.45, 7) is 0. The van der Waals surface area contributed by atoms with E-state index in [1.807, 2.05) is 0 Å². The van der Waals surface area contributed by atoms with Gasteiger partial charge in [0.1, 0.15) is 0 Å². The third-order valence-corrected chi connectivity index (χ3v) is 1.95. The van der Waals surface area contributed by atoms with Gasteiger partial charge in [-0.25, -0.2) is 8.78 Å². The van der Waals surface area contributed by atoms with Crippen molar-refractivity contribution in [3.63, 3.8) is 0 Å². The first-order valence-electron chi connectivity index (χ1n) is 3.29. The summed E-state index contributed by atoms with van der Waals surface area (Å²) in [6, 6.07) is -1.29. The van der Waals surface area contributed by atoms with Crippen LogP contribution in [0.15, 0.2) is 0 Å². The summed E-state index contributed by atoms with van der Waals surface area (Å²) in [6.07, 6.45) is -0.744. The van der Waals surface area contributed by atoms with Gasteiger partial charge in [0.15, 0.2) is 0 Å². The first kappa shape index (κ1) is 11.6. The molecule has 1 fully saturated rings. The van der Waals surface area contributed by atoms with Crippen LogP contribution < -0.4 is 5.73 Å². The van der Waals surface area contributed by atoms with Crippen molar-refractivity contribution in [2.75, 3.05) is 0 Å². The lowest BCUT2D eigenvalue weighted by atomic mass is 10.1. The zero-order valence-electron chi connectivity index (χ0n) is 6.17. The zero-order valence-corrected chi connectivity index (χ0v) is 6.98. The summed E-state index contributed by atoms with van der Waals surface area (Å²) in [5, 5.41) is 8.37. The minimum Gasteiger partial charge on any atom is -0.481 e.